The van der Waals surface area contributed by atoms with Crippen molar-refractivity contribution in [2.24, 2.45) is 0 Å². The van der Waals surface area contributed by atoms with E-state index < -0.39 is 0 Å². The van der Waals surface area contributed by atoms with Gasteiger partial charge in [-0.2, -0.15) is 0 Å². The highest BCUT2D eigenvalue weighted by atomic mass is 32.2. The molecule has 0 aliphatic rings. The van der Waals surface area contributed by atoms with Crippen molar-refractivity contribution in [1.82, 2.24) is 4.72 Å². The van der Waals surface area contributed by atoms with Gasteiger partial charge in [0, 0.05) is 10.9 Å². The van der Waals surface area contributed by atoms with Crippen molar-refractivity contribution >= 4 is 11.9 Å². The topological polar surface area (TPSA) is 12.0 Å². The van der Waals surface area contributed by atoms with E-state index in [1.807, 2.05) is 6.07 Å². The maximum absolute atomic E-state index is 3.46. The Balaban J connectivity index is 1.80. The SMILES string of the molecule is CC(Cc1ccccc1)NSc1ccccc1. The van der Waals surface area contributed by atoms with Gasteiger partial charge < -0.3 is 0 Å². The summed E-state index contributed by atoms with van der Waals surface area (Å²) >= 11 is 1.70. The summed E-state index contributed by atoms with van der Waals surface area (Å²) in [5.74, 6) is 0. The molecular formula is C15H17NS. The number of hydrogen-bond acceptors (Lipinski definition) is 2. The average Bonchev–Trinajstić information content (AvgIpc) is 2.39. The third-order valence-corrected chi connectivity index (χ3v) is 3.53. The second-order valence-electron chi connectivity index (χ2n) is 4.12. The molecule has 0 amide bonds. The van der Waals surface area contributed by atoms with Crippen LogP contribution in [-0.4, -0.2) is 6.04 Å². The lowest BCUT2D eigenvalue weighted by atomic mass is 10.1. The smallest absolute Gasteiger partial charge is 0.0228 e. The quantitative estimate of drug-likeness (QED) is 0.799. The molecule has 0 saturated heterocycles. The van der Waals surface area contributed by atoms with E-state index in [0.717, 1.165) is 6.42 Å². The summed E-state index contributed by atoms with van der Waals surface area (Å²) in [6.07, 6.45) is 1.06. The van der Waals surface area contributed by atoms with Crippen LogP contribution in [0, 0.1) is 0 Å². The van der Waals surface area contributed by atoms with Gasteiger partial charge in [-0.05, 0) is 43.0 Å². The second kappa shape index (κ2) is 6.48. The summed E-state index contributed by atoms with van der Waals surface area (Å²) in [4.78, 5) is 1.26. The van der Waals surface area contributed by atoms with Crippen molar-refractivity contribution in [1.29, 1.82) is 0 Å². The Morgan fingerprint density at radius 2 is 1.53 bits per heavy atom. The fraction of sp³-hybridized carbons (Fsp3) is 0.200. The zero-order valence-corrected chi connectivity index (χ0v) is 10.8. The first-order chi connectivity index (χ1) is 8.34. The van der Waals surface area contributed by atoms with Crippen molar-refractivity contribution in [3.05, 3.63) is 66.2 Å². The van der Waals surface area contributed by atoms with Gasteiger partial charge in [-0.1, -0.05) is 48.5 Å². The van der Waals surface area contributed by atoms with Crippen LogP contribution >= 0.6 is 11.9 Å². The molecule has 2 heteroatoms. The molecule has 0 heterocycles. The molecule has 1 atom stereocenters. The summed E-state index contributed by atoms with van der Waals surface area (Å²) in [5.41, 5.74) is 1.38. The van der Waals surface area contributed by atoms with Crippen molar-refractivity contribution in [2.45, 2.75) is 24.3 Å². The van der Waals surface area contributed by atoms with Crippen LogP contribution in [-0.2, 0) is 6.42 Å². The lowest BCUT2D eigenvalue weighted by Crippen LogP contribution is -2.21. The second-order valence-corrected chi connectivity index (χ2v) is 5.03. The first kappa shape index (κ1) is 12.2. The van der Waals surface area contributed by atoms with Crippen molar-refractivity contribution in [3.63, 3.8) is 0 Å². The Morgan fingerprint density at radius 3 is 2.18 bits per heavy atom. The standard InChI is InChI=1S/C15H17NS/c1-13(12-14-8-4-2-5-9-14)16-17-15-10-6-3-7-11-15/h2-11,13,16H,12H2,1H3. The van der Waals surface area contributed by atoms with Crippen LogP contribution < -0.4 is 4.72 Å². The van der Waals surface area contributed by atoms with E-state index >= 15 is 0 Å². The summed E-state index contributed by atoms with van der Waals surface area (Å²) in [5, 5.41) is 0. The molecule has 2 aromatic rings. The zero-order valence-electron chi connectivity index (χ0n) is 9.97. The van der Waals surface area contributed by atoms with Crippen LogP contribution in [0.4, 0.5) is 0 Å². The molecule has 1 N–H and O–H groups in total. The van der Waals surface area contributed by atoms with Crippen molar-refractivity contribution in [2.75, 3.05) is 0 Å². The van der Waals surface area contributed by atoms with E-state index in [2.05, 4.69) is 66.2 Å². The molecule has 0 aliphatic carbocycles. The molecule has 0 saturated carbocycles. The molecule has 1 nitrogen and oxygen atoms in total. The van der Waals surface area contributed by atoms with Gasteiger partial charge in [0.05, 0.1) is 0 Å². The van der Waals surface area contributed by atoms with Gasteiger partial charge in [-0.15, -0.1) is 0 Å². The van der Waals surface area contributed by atoms with Crippen LogP contribution in [0.1, 0.15) is 12.5 Å². The van der Waals surface area contributed by atoms with E-state index in [0.29, 0.717) is 6.04 Å². The van der Waals surface area contributed by atoms with Gasteiger partial charge in [-0.3, -0.25) is 4.72 Å². The number of hydrogen-bond donors (Lipinski definition) is 1. The normalized spacial score (nSPS) is 12.3. The minimum atomic E-state index is 0.461. The van der Waals surface area contributed by atoms with Gasteiger partial charge in [0.2, 0.25) is 0 Å². The van der Waals surface area contributed by atoms with Gasteiger partial charge in [0.15, 0.2) is 0 Å². The highest BCUT2D eigenvalue weighted by Crippen LogP contribution is 2.15. The number of nitrogens with one attached hydrogen (secondary N) is 1. The molecule has 0 bridgehead atoms. The van der Waals surface area contributed by atoms with Gasteiger partial charge in [0.1, 0.15) is 0 Å². The highest BCUT2D eigenvalue weighted by molar-refractivity contribution is 7.97. The highest BCUT2D eigenvalue weighted by Gasteiger charge is 2.03. The first-order valence-corrected chi connectivity index (χ1v) is 6.67. The van der Waals surface area contributed by atoms with E-state index in [4.69, 9.17) is 0 Å². The predicted molar refractivity (Wildman–Crippen MR) is 75.0 cm³/mol. The molecule has 0 aromatic heterocycles. The van der Waals surface area contributed by atoms with Crippen LogP contribution in [0.2, 0.25) is 0 Å². The molecule has 1 unspecified atom stereocenters. The third-order valence-electron chi connectivity index (χ3n) is 2.51. The lowest BCUT2D eigenvalue weighted by molar-refractivity contribution is 0.689. The van der Waals surface area contributed by atoms with E-state index in [1.165, 1.54) is 10.5 Å². The summed E-state index contributed by atoms with van der Waals surface area (Å²) in [7, 11) is 0. The Kier molecular flexibility index (Phi) is 4.65. The number of benzene rings is 2. The van der Waals surface area contributed by atoms with Gasteiger partial charge in [0.25, 0.3) is 0 Å². The fourth-order valence-electron chi connectivity index (χ4n) is 1.67. The van der Waals surface area contributed by atoms with Crippen LogP contribution in [0.15, 0.2) is 65.6 Å². The minimum absolute atomic E-state index is 0.461. The Bertz CT molecular complexity index is 427. The monoisotopic (exact) mass is 243 g/mol. The predicted octanol–water partition coefficient (Wildman–Crippen LogP) is 3.91. The minimum Gasteiger partial charge on any atom is -0.257 e. The molecule has 0 radical (unpaired) electrons. The molecule has 0 spiro atoms. The van der Waals surface area contributed by atoms with Crippen molar-refractivity contribution in [3.8, 4) is 0 Å². The van der Waals surface area contributed by atoms with E-state index in [9.17, 15) is 0 Å². The molecule has 2 rings (SSSR count). The van der Waals surface area contributed by atoms with Crippen LogP contribution in [0.25, 0.3) is 0 Å². The third kappa shape index (κ3) is 4.25. The number of rotatable bonds is 5. The molecule has 2 aromatic carbocycles. The average molecular weight is 243 g/mol. The van der Waals surface area contributed by atoms with Crippen LogP contribution in [0.5, 0.6) is 0 Å². The maximum Gasteiger partial charge on any atom is 0.0228 e. The zero-order chi connectivity index (χ0) is 11.9. The fourth-order valence-corrected chi connectivity index (χ4v) is 2.38. The maximum atomic E-state index is 3.46. The van der Waals surface area contributed by atoms with Gasteiger partial charge in [-0.25, -0.2) is 0 Å². The van der Waals surface area contributed by atoms with E-state index in [1.54, 1.807) is 11.9 Å². The summed E-state index contributed by atoms with van der Waals surface area (Å²) in [6.45, 7) is 2.21. The largest absolute Gasteiger partial charge is 0.257 e. The Hall–Kier alpha value is -1.25. The summed E-state index contributed by atoms with van der Waals surface area (Å²) in [6, 6.07) is 21.4. The molecule has 0 aliphatic heterocycles. The van der Waals surface area contributed by atoms with Crippen LogP contribution in [0.3, 0.4) is 0 Å². The lowest BCUT2D eigenvalue weighted by Gasteiger charge is -2.12. The molecule has 88 valence electrons. The molecular weight excluding hydrogens is 226 g/mol. The first-order valence-electron chi connectivity index (χ1n) is 5.86. The Labute approximate surface area is 107 Å². The summed E-state index contributed by atoms with van der Waals surface area (Å²) < 4.78 is 3.46. The Morgan fingerprint density at radius 1 is 0.941 bits per heavy atom. The van der Waals surface area contributed by atoms with Gasteiger partial charge >= 0.3 is 0 Å². The van der Waals surface area contributed by atoms with Crippen molar-refractivity contribution < 1.29 is 0 Å². The molecule has 0 fully saturated rings. The molecule has 17 heavy (non-hydrogen) atoms. The van der Waals surface area contributed by atoms with E-state index in [-0.39, 0.29) is 0 Å².